The van der Waals surface area contributed by atoms with Gasteiger partial charge in [-0.15, -0.1) is 0 Å². The van der Waals surface area contributed by atoms with Crippen molar-refractivity contribution < 1.29 is 21.6 Å². The van der Waals surface area contributed by atoms with E-state index in [1.807, 2.05) is 0 Å². The van der Waals surface area contributed by atoms with E-state index in [4.69, 9.17) is 0 Å². The van der Waals surface area contributed by atoms with Crippen LogP contribution in [0.4, 0.5) is 36.4 Å². The van der Waals surface area contributed by atoms with E-state index in [9.17, 15) is 21.6 Å². The molecule has 3 rings (SSSR count). The lowest BCUT2D eigenvalue weighted by Gasteiger charge is -2.20. The summed E-state index contributed by atoms with van der Waals surface area (Å²) in [5.74, 6) is -0.362. The molecule has 0 aliphatic carbocycles. The van der Waals surface area contributed by atoms with Crippen molar-refractivity contribution in [1.82, 2.24) is 15.0 Å². The third-order valence-corrected chi connectivity index (χ3v) is 5.61. The van der Waals surface area contributed by atoms with Gasteiger partial charge in [0, 0.05) is 37.2 Å². The number of aromatic nitrogens is 3. The average Bonchev–Trinajstić information content (AvgIpc) is 2.71. The van der Waals surface area contributed by atoms with Crippen molar-refractivity contribution in [2.45, 2.75) is 19.6 Å². The summed E-state index contributed by atoms with van der Waals surface area (Å²) in [4.78, 5) is 11.9. The molecule has 0 amide bonds. The number of sulfonamides is 1. The van der Waals surface area contributed by atoms with Crippen LogP contribution in [0.2, 0.25) is 0 Å². The van der Waals surface area contributed by atoms with Crippen LogP contribution in [-0.2, 0) is 22.7 Å². The van der Waals surface area contributed by atoms with Crippen molar-refractivity contribution in [2.75, 3.05) is 28.2 Å². The van der Waals surface area contributed by atoms with E-state index in [0.717, 1.165) is 16.1 Å². The Balaban J connectivity index is 1.94. The molecular weight excluding hydrogens is 445 g/mol. The molecule has 0 saturated carbocycles. The van der Waals surface area contributed by atoms with Gasteiger partial charge in [-0.2, -0.15) is 18.2 Å². The molecule has 0 spiro atoms. The van der Waals surface area contributed by atoms with E-state index in [1.54, 1.807) is 43.3 Å². The minimum Gasteiger partial charge on any atom is -0.365 e. The zero-order valence-corrected chi connectivity index (χ0v) is 18.3. The molecule has 0 bridgehead atoms. The largest absolute Gasteiger partial charge is 0.421 e. The van der Waals surface area contributed by atoms with E-state index < -0.39 is 27.6 Å². The van der Waals surface area contributed by atoms with Gasteiger partial charge >= 0.3 is 6.18 Å². The van der Waals surface area contributed by atoms with Gasteiger partial charge in [0.2, 0.25) is 16.0 Å². The molecule has 32 heavy (non-hydrogen) atoms. The summed E-state index contributed by atoms with van der Waals surface area (Å²) in [6.45, 7) is 1.60. The van der Waals surface area contributed by atoms with Crippen LogP contribution in [0.15, 0.2) is 48.8 Å². The topological polar surface area (TPSA) is 100 Å². The summed E-state index contributed by atoms with van der Waals surface area (Å²) in [6.07, 6.45) is -1.50. The zero-order chi connectivity index (χ0) is 23.5. The minimum absolute atomic E-state index is 0.0254. The van der Waals surface area contributed by atoms with E-state index in [2.05, 4.69) is 25.6 Å². The summed E-state index contributed by atoms with van der Waals surface area (Å²) in [5, 5.41) is 5.51. The second-order valence-corrected chi connectivity index (χ2v) is 9.04. The molecule has 3 aromatic rings. The summed E-state index contributed by atoms with van der Waals surface area (Å²) < 4.78 is 65.4. The second-order valence-electron chi connectivity index (χ2n) is 7.02. The van der Waals surface area contributed by atoms with Gasteiger partial charge in [-0.1, -0.05) is 18.2 Å². The standard InChI is InChI=1S/C20H21F3N6O2S/c1-13-9-14(18(25-10-13)29(2)32(3,30)31)11-24-17-16(20(21,22)23)12-26-19(28-17)27-15-7-5-4-6-8-15/h4-10,12H,11H2,1-3H3,(H2,24,26,27,28). The third-order valence-electron chi connectivity index (χ3n) is 4.45. The van der Waals surface area contributed by atoms with E-state index in [0.29, 0.717) is 17.4 Å². The summed E-state index contributed by atoms with van der Waals surface area (Å²) >= 11 is 0. The Bertz CT molecular complexity index is 1200. The number of halogens is 3. The molecule has 1 aromatic carbocycles. The molecule has 0 radical (unpaired) electrons. The first-order valence-electron chi connectivity index (χ1n) is 9.35. The second kappa shape index (κ2) is 8.99. The van der Waals surface area contributed by atoms with Crippen LogP contribution in [0.25, 0.3) is 0 Å². The number of aryl methyl sites for hydroxylation is 1. The molecule has 0 aliphatic rings. The van der Waals surface area contributed by atoms with Gasteiger partial charge in [0.15, 0.2) is 0 Å². The predicted molar refractivity (Wildman–Crippen MR) is 116 cm³/mol. The molecule has 12 heteroatoms. The molecule has 0 saturated heterocycles. The van der Waals surface area contributed by atoms with Gasteiger partial charge in [0.25, 0.3) is 0 Å². The maximum atomic E-state index is 13.5. The number of hydrogen-bond donors (Lipinski definition) is 2. The first kappa shape index (κ1) is 23.3. The van der Waals surface area contributed by atoms with Crippen LogP contribution in [0.5, 0.6) is 0 Å². The third kappa shape index (κ3) is 5.63. The number of nitrogens with zero attached hydrogens (tertiary/aromatic N) is 4. The zero-order valence-electron chi connectivity index (χ0n) is 17.5. The summed E-state index contributed by atoms with van der Waals surface area (Å²) in [6, 6.07) is 10.4. The lowest BCUT2D eigenvalue weighted by atomic mass is 10.2. The molecule has 0 fully saturated rings. The molecule has 2 N–H and O–H groups in total. The maximum absolute atomic E-state index is 13.5. The predicted octanol–water partition coefficient (Wildman–Crippen LogP) is 3.95. The number of para-hydroxylation sites is 1. The quantitative estimate of drug-likeness (QED) is 0.544. The van der Waals surface area contributed by atoms with E-state index >= 15 is 0 Å². The van der Waals surface area contributed by atoms with Gasteiger partial charge in [0.1, 0.15) is 17.2 Å². The van der Waals surface area contributed by atoms with Gasteiger partial charge in [-0.3, -0.25) is 4.31 Å². The highest BCUT2D eigenvalue weighted by Crippen LogP contribution is 2.34. The van der Waals surface area contributed by atoms with Crippen LogP contribution in [0, 0.1) is 6.92 Å². The monoisotopic (exact) mass is 466 g/mol. The molecule has 170 valence electrons. The van der Waals surface area contributed by atoms with Gasteiger partial charge in [-0.25, -0.2) is 18.4 Å². The first-order valence-corrected chi connectivity index (χ1v) is 11.2. The van der Waals surface area contributed by atoms with Crippen molar-refractivity contribution in [1.29, 1.82) is 0 Å². The van der Waals surface area contributed by atoms with E-state index in [-0.39, 0.29) is 18.3 Å². The minimum atomic E-state index is -4.69. The van der Waals surface area contributed by atoms with Gasteiger partial charge in [0.05, 0.1) is 6.26 Å². The number of nitrogens with one attached hydrogen (secondary N) is 2. The summed E-state index contributed by atoms with van der Waals surface area (Å²) in [5.41, 5.74) is 0.674. The summed E-state index contributed by atoms with van der Waals surface area (Å²) in [7, 11) is -2.30. The van der Waals surface area contributed by atoms with Crippen molar-refractivity contribution in [2.24, 2.45) is 0 Å². The molecule has 0 atom stereocenters. The molecule has 8 nitrogen and oxygen atoms in total. The highest BCUT2D eigenvalue weighted by atomic mass is 32.2. The number of anilines is 4. The first-order chi connectivity index (χ1) is 14.9. The normalized spacial score (nSPS) is 11.8. The smallest absolute Gasteiger partial charge is 0.365 e. The lowest BCUT2D eigenvalue weighted by Crippen LogP contribution is -2.27. The van der Waals surface area contributed by atoms with Gasteiger partial charge in [-0.05, 0) is 30.7 Å². The Kier molecular flexibility index (Phi) is 6.53. The van der Waals surface area contributed by atoms with Crippen LogP contribution in [0.1, 0.15) is 16.7 Å². The molecule has 2 aromatic heterocycles. The average molecular weight is 466 g/mol. The molecule has 0 unspecified atom stereocenters. The highest BCUT2D eigenvalue weighted by molar-refractivity contribution is 7.92. The fraction of sp³-hybridized carbons (Fsp3) is 0.250. The molecule has 0 aliphatic heterocycles. The Morgan fingerprint density at radius 2 is 1.78 bits per heavy atom. The van der Waals surface area contributed by atoms with Crippen LogP contribution in [0.3, 0.4) is 0 Å². The number of pyridine rings is 1. The fourth-order valence-corrected chi connectivity index (χ4v) is 3.29. The number of alkyl halides is 3. The lowest BCUT2D eigenvalue weighted by molar-refractivity contribution is -0.137. The Hall–Kier alpha value is -3.41. The van der Waals surface area contributed by atoms with Crippen molar-refractivity contribution in [3.8, 4) is 0 Å². The highest BCUT2D eigenvalue weighted by Gasteiger charge is 2.35. The number of hydrogen-bond acceptors (Lipinski definition) is 7. The van der Waals surface area contributed by atoms with Crippen LogP contribution < -0.4 is 14.9 Å². The fourth-order valence-electron chi connectivity index (χ4n) is 2.81. The van der Waals surface area contributed by atoms with Crippen molar-refractivity contribution >= 4 is 33.3 Å². The molecule has 2 heterocycles. The Morgan fingerprint density at radius 1 is 1.09 bits per heavy atom. The Labute approximate surface area is 183 Å². The maximum Gasteiger partial charge on any atom is 0.421 e. The molecular formula is C20H21F3N6O2S. The SMILES string of the molecule is Cc1cnc(N(C)S(C)(=O)=O)c(CNc2nc(Nc3ccccc3)ncc2C(F)(F)F)c1. The van der Waals surface area contributed by atoms with Crippen LogP contribution >= 0.6 is 0 Å². The number of rotatable bonds is 7. The number of benzene rings is 1. The Morgan fingerprint density at radius 3 is 2.41 bits per heavy atom. The van der Waals surface area contributed by atoms with Crippen molar-refractivity contribution in [3.63, 3.8) is 0 Å². The van der Waals surface area contributed by atoms with Gasteiger partial charge < -0.3 is 10.6 Å². The van der Waals surface area contributed by atoms with Crippen LogP contribution in [-0.4, -0.2) is 36.7 Å². The van der Waals surface area contributed by atoms with E-state index in [1.165, 1.54) is 13.2 Å². The van der Waals surface area contributed by atoms with Crippen molar-refractivity contribution in [3.05, 3.63) is 65.5 Å².